The van der Waals surface area contributed by atoms with Crippen molar-refractivity contribution in [1.29, 1.82) is 0 Å². The van der Waals surface area contributed by atoms with Gasteiger partial charge in [0, 0.05) is 17.2 Å². The Kier molecular flexibility index (Phi) is 4.37. The van der Waals surface area contributed by atoms with Crippen LogP contribution < -0.4 is 4.74 Å². The topological polar surface area (TPSA) is 89.9 Å². The minimum absolute atomic E-state index is 0.115. The molecule has 0 unspecified atom stereocenters. The highest BCUT2D eigenvalue weighted by Gasteiger charge is 2.25. The molecule has 1 N–H and O–H groups in total. The summed E-state index contributed by atoms with van der Waals surface area (Å²) in [5.41, 5.74) is 0.202. The molecule has 0 radical (unpaired) electrons. The number of ketones is 1. The second kappa shape index (κ2) is 6.04. The van der Waals surface area contributed by atoms with Crippen molar-refractivity contribution in [3.63, 3.8) is 0 Å². The molecule has 0 saturated heterocycles. The average Bonchev–Trinajstić information content (AvgIpc) is 2.54. The number of ether oxygens (including phenoxy) is 1. The van der Waals surface area contributed by atoms with Crippen LogP contribution in [-0.2, 0) is 14.5 Å². The molecule has 0 atom stereocenters. The summed E-state index contributed by atoms with van der Waals surface area (Å²) in [6.45, 7) is 0. The van der Waals surface area contributed by atoms with Gasteiger partial charge in [-0.2, -0.15) is 8.42 Å². The third kappa shape index (κ3) is 3.10. The van der Waals surface area contributed by atoms with Crippen molar-refractivity contribution in [2.45, 2.75) is 4.90 Å². The third-order valence-corrected chi connectivity index (χ3v) is 3.91. The molecule has 2 aromatic carbocycles. The van der Waals surface area contributed by atoms with E-state index in [0.717, 1.165) is 6.07 Å². The van der Waals surface area contributed by atoms with Gasteiger partial charge in [0.15, 0.2) is 5.78 Å². The van der Waals surface area contributed by atoms with Crippen LogP contribution >= 0.6 is 0 Å². The fraction of sp³-hybridized carbons (Fsp3) is 0.0714. The zero-order chi connectivity index (χ0) is 15.5. The molecule has 0 aliphatic rings. The maximum absolute atomic E-state index is 12.4. The molecule has 110 valence electrons. The number of benzene rings is 2. The Morgan fingerprint density at radius 1 is 1.10 bits per heavy atom. The fourth-order valence-electron chi connectivity index (χ4n) is 1.81. The number of hydrogen-bond donors (Lipinski definition) is 1. The van der Waals surface area contributed by atoms with Crippen LogP contribution in [0.15, 0.2) is 53.4 Å². The molecule has 0 aliphatic carbocycles. The van der Waals surface area contributed by atoms with E-state index in [4.69, 9.17) is 9.99 Å². The summed E-state index contributed by atoms with van der Waals surface area (Å²) in [7, 11) is -3.11. The zero-order valence-corrected chi connectivity index (χ0v) is 11.8. The van der Waals surface area contributed by atoms with Crippen molar-refractivity contribution in [3.05, 3.63) is 59.7 Å². The van der Waals surface area contributed by atoms with Gasteiger partial charge in [-0.3, -0.25) is 4.79 Å². The lowest BCUT2D eigenvalue weighted by atomic mass is 10.0. The highest BCUT2D eigenvalue weighted by Crippen LogP contribution is 2.25. The van der Waals surface area contributed by atoms with E-state index in [1.54, 1.807) is 30.3 Å². The average molecular weight is 308 g/mol. The van der Waals surface area contributed by atoms with E-state index < -0.39 is 20.8 Å². The molecular weight excluding hydrogens is 296 g/mol. The molecule has 21 heavy (non-hydrogen) atoms. The van der Waals surface area contributed by atoms with E-state index in [2.05, 4.69) is 4.33 Å². The van der Waals surface area contributed by atoms with Crippen LogP contribution in [0.4, 0.5) is 0 Å². The molecule has 0 saturated carbocycles. The van der Waals surface area contributed by atoms with Gasteiger partial charge in [-0.15, -0.1) is 4.33 Å². The Morgan fingerprint density at radius 2 is 1.76 bits per heavy atom. The molecule has 7 heteroatoms. The van der Waals surface area contributed by atoms with Crippen molar-refractivity contribution in [3.8, 4) is 5.75 Å². The van der Waals surface area contributed by atoms with Gasteiger partial charge in [0.2, 0.25) is 0 Å². The van der Waals surface area contributed by atoms with Gasteiger partial charge < -0.3 is 4.74 Å². The van der Waals surface area contributed by atoms with E-state index in [-0.39, 0.29) is 11.3 Å². The molecule has 2 aromatic rings. The molecule has 0 heterocycles. The smallest absolute Gasteiger partial charge is 0.323 e. The first-order valence-electron chi connectivity index (χ1n) is 5.85. The molecule has 0 fully saturated rings. The van der Waals surface area contributed by atoms with Gasteiger partial charge in [-0.1, -0.05) is 30.3 Å². The van der Waals surface area contributed by atoms with E-state index in [0.29, 0.717) is 5.56 Å². The lowest BCUT2D eigenvalue weighted by Gasteiger charge is -2.09. The fourth-order valence-corrected chi connectivity index (χ4v) is 2.58. The first-order valence-corrected chi connectivity index (χ1v) is 7.26. The number of methoxy groups -OCH3 is 1. The van der Waals surface area contributed by atoms with Gasteiger partial charge in [-0.05, 0) is 12.1 Å². The summed E-state index contributed by atoms with van der Waals surface area (Å²) in [5, 5.41) is 8.55. The largest absolute Gasteiger partial charge is 0.497 e. The monoisotopic (exact) mass is 308 g/mol. The van der Waals surface area contributed by atoms with Crippen LogP contribution in [-0.4, -0.2) is 26.6 Å². The van der Waals surface area contributed by atoms with Crippen molar-refractivity contribution in [2.75, 3.05) is 7.11 Å². The van der Waals surface area contributed by atoms with E-state index in [9.17, 15) is 13.2 Å². The third-order valence-electron chi connectivity index (χ3n) is 2.84. The predicted octanol–water partition coefficient (Wildman–Crippen LogP) is 2.10. The summed E-state index contributed by atoms with van der Waals surface area (Å²) in [5.74, 6) is -0.288. The molecule has 2 rings (SSSR count). The molecule has 6 nitrogen and oxygen atoms in total. The lowest BCUT2D eigenvalue weighted by Crippen LogP contribution is -2.12. The second-order valence-corrected chi connectivity index (χ2v) is 5.58. The first-order chi connectivity index (χ1) is 9.99. The molecular formula is C14H12O6S. The second-order valence-electron chi connectivity index (χ2n) is 4.09. The summed E-state index contributed by atoms with van der Waals surface area (Å²) in [6.07, 6.45) is 0. The Labute approximate surface area is 121 Å². The Bertz CT molecular complexity index is 752. The van der Waals surface area contributed by atoms with Crippen molar-refractivity contribution in [1.82, 2.24) is 0 Å². The molecule has 0 bridgehead atoms. The van der Waals surface area contributed by atoms with Crippen LogP contribution in [0.1, 0.15) is 15.9 Å². The molecule has 0 amide bonds. The lowest BCUT2D eigenvalue weighted by molar-refractivity contribution is -0.130. The van der Waals surface area contributed by atoms with Crippen molar-refractivity contribution >= 4 is 15.9 Å². The predicted molar refractivity (Wildman–Crippen MR) is 73.8 cm³/mol. The normalized spacial score (nSPS) is 11.1. The number of carbonyl (C=O) groups is 1. The summed E-state index contributed by atoms with van der Waals surface area (Å²) in [6, 6.07) is 12.0. The zero-order valence-electron chi connectivity index (χ0n) is 11.0. The molecule has 0 aromatic heterocycles. The molecule has 0 spiro atoms. The van der Waals surface area contributed by atoms with Gasteiger partial charge in [0.1, 0.15) is 10.6 Å². The van der Waals surface area contributed by atoms with Crippen LogP contribution in [0.5, 0.6) is 5.75 Å². The highest BCUT2D eigenvalue weighted by atomic mass is 32.2. The summed E-state index contributed by atoms with van der Waals surface area (Å²) in [4.78, 5) is 11.9. The van der Waals surface area contributed by atoms with E-state index >= 15 is 0 Å². The number of carbonyl (C=O) groups excluding carboxylic acids is 1. The summed E-state index contributed by atoms with van der Waals surface area (Å²) >= 11 is 0. The van der Waals surface area contributed by atoms with Gasteiger partial charge in [-0.25, -0.2) is 5.26 Å². The van der Waals surface area contributed by atoms with Crippen molar-refractivity contribution < 1.29 is 27.5 Å². The first kappa shape index (κ1) is 15.2. The van der Waals surface area contributed by atoms with Crippen LogP contribution in [0.2, 0.25) is 0 Å². The van der Waals surface area contributed by atoms with Gasteiger partial charge in [0.25, 0.3) is 0 Å². The number of hydrogen-bond acceptors (Lipinski definition) is 6. The quantitative estimate of drug-likeness (QED) is 0.517. The highest BCUT2D eigenvalue weighted by molar-refractivity contribution is 7.86. The minimum atomic E-state index is -4.46. The van der Waals surface area contributed by atoms with Crippen LogP contribution in [0.3, 0.4) is 0 Å². The maximum atomic E-state index is 12.4. The standard InChI is InChI=1S/C14H12O6S/c1-19-11-7-8-12(13(9-11)21(17,18)20-16)14(15)10-5-3-2-4-6-10/h2-9,16H,1H3. The Morgan fingerprint density at radius 3 is 2.33 bits per heavy atom. The van der Waals surface area contributed by atoms with Crippen LogP contribution in [0.25, 0.3) is 0 Å². The van der Waals surface area contributed by atoms with Crippen molar-refractivity contribution in [2.24, 2.45) is 0 Å². The number of rotatable bonds is 5. The Hall–Kier alpha value is -2.22. The van der Waals surface area contributed by atoms with Crippen LogP contribution in [0, 0.1) is 0 Å². The molecule has 0 aliphatic heterocycles. The minimum Gasteiger partial charge on any atom is -0.497 e. The van der Waals surface area contributed by atoms with E-state index in [1.807, 2.05) is 0 Å². The maximum Gasteiger partial charge on any atom is 0.323 e. The SMILES string of the molecule is COc1ccc(C(=O)c2ccccc2)c(S(=O)(=O)OO)c1. The van der Waals surface area contributed by atoms with Gasteiger partial charge in [0.05, 0.1) is 7.11 Å². The van der Waals surface area contributed by atoms with Gasteiger partial charge >= 0.3 is 10.1 Å². The van der Waals surface area contributed by atoms with E-state index in [1.165, 1.54) is 19.2 Å². The Balaban J connectivity index is 2.61. The summed E-state index contributed by atoms with van der Waals surface area (Å²) < 4.78 is 31.9.